The van der Waals surface area contributed by atoms with Crippen molar-refractivity contribution in [2.75, 3.05) is 20.4 Å². The second kappa shape index (κ2) is 7.05. The SMILES string of the molecule is COc1ccccc1CCNC(=O)Cc1ccc2c(c1)OCO2. The first-order valence-electron chi connectivity index (χ1n) is 7.53. The maximum atomic E-state index is 12.0. The maximum Gasteiger partial charge on any atom is 0.231 e. The zero-order chi connectivity index (χ0) is 16.1. The average Bonchev–Trinajstić information content (AvgIpc) is 3.03. The van der Waals surface area contributed by atoms with Crippen molar-refractivity contribution in [1.82, 2.24) is 5.32 Å². The highest BCUT2D eigenvalue weighted by Crippen LogP contribution is 2.32. The van der Waals surface area contributed by atoms with E-state index in [1.807, 2.05) is 42.5 Å². The van der Waals surface area contributed by atoms with Gasteiger partial charge in [-0.3, -0.25) is 4.79 Å². The van der Waals surface area contributed by atoms with Gasteiger partial charge in [0, 0.05) is 6.54 Å². The molecule has 0 saturated carbocycles. The lowest BCUT2D eigenvalue weighted by molar-refractivity contribution is -0.120. The van der Waals surface area contributed by atoms with E-state index >= 15 is 0 Å². The summed E-state index contributed by atoms with van der Waals surface area (Å²) in [7, 11) is 1.65. The van der Waals surface area contributed by atoms with Crippen molar-refractivity contribution in [3.63, 3.8) is 0 Å². The van der Waals surface area contributed by atoms with Gasteiger partial charge in [-0.05, 0) is 35.7 Å². The van der Waals surface area contributed by atoms with Crippen molar-refractivity contribution in [2.24, 2.45) is 0 Å². The Kier molecular flexibility index (Phi) is 4.66. The van der Waals surface area contributed by atoms with Gasteiger partial charge in [0.15, 0.2) is 11.5 Å². The molecule has 0 spiro atoms. The summed E-state index contributed by atoms with van der Waals surface area (Å²) >= 11 is 0. The van der Waals surface area contributed by atoms with E-state index in [4.69, 9.17) is 14.2 Å². The largest absolute Gasteiger partial charge is 0.496 e. The topological polar surface area (TPSA) is 56.8 Å². The highest BCUT2D eigenvalue weighted by atomic mass is 16.7. The number of ether oxygens (including phenoxy) is 3. The Morgan fingerprint density at radius 1 is 1.17 bits per heavy atom. The molecule has 0 atom stereocenters. The first-order chi connectivity index (χ1) is 11.3. The van der Waals surface area contributed by atoms with Gasteiger partial charge < -0.3 is 19.5 Å². The molecule has 0 aliphatic carbocycles. The molecule has 1 amide bonds. The summed E-state index contributed by atoms with van der Waals surface area (Å²) in [6.45, 7) is 0.813. The third-order valence-corrected chi connectivity index (χ3v) is 3.71. The van der Waals surface area contributed by atoms with E-state index in [9.17, 15) is 4.79 Å². The summed E-state index contributed by atoms with van der Waals surface area (Å²) in [5, 5.41) is 2.93. The standard InChI is InChI=1S/C18H19NO4/c1-21-15-5-3-2-4-14(15)8-9-19-18(20)11-13-6-7-16-17(10-13)23-12-22-16/h2-7,10H,8-9,11-12H2,1H3,(H,19,20). The summed E-state index contributed by atoms with van der Waals surface area (Å²) in [5.74, 6) is 2.26. The van der Waals surface area contributed by atoms with Gasteiger partial charge in [0.2, 0.25) is 12.7 Å². The van der Waals surface area contributed by atoms with Gasteiger partial charge in [0.05, 0.1) is 13.5 Å². The number of hydrogen-bond acceptors (Lipinski definition) is 4. The molecular weight excluding hydrogens is 294 g/mol. The van der Waals surface area contributed by atoms with Gasteiger partial charge in [-0.1, -0.05) is 24.3 Å². The summed E-state index contributed by atoms with van der Waals surface area (Å²) in [4.78, 5) is 12.0. The van der Waals surface area contributed by atoms with Crippen LogP contribution in [0.5, 0.6) is 17.2 Å². The fourth-order valence-electron chi connectivity index (χ4n) is 2.54. The molecule has 1 aliphatic heterocycles. The number of carbonyl (C=O) groups is 1. The van der Waals surface area contributed by atoms with Gasteiger partial charge in [0.25, 0.3) is 0 Å². The van der Waals surface area contributed by atoms with Gasteiger partial charge in [-0.25, -0.2) is 0 Å². The molecule has 5 nitrogen and oxygen atoms in total. The number of rotatable bonds is 6. The molecule has 3 rings (SSSR count). The molecule has 1 heterocycles. The Hall–Kier alpha value is -2.69. The van der Waals surface area contributed by atoms with Crippen molar-refractivity contribution in [3.8, 4) is 17.2 Å². The number of carbonyl (C=O) groups excluding carboxylic acids is 1. The molecule has 2 aromatic carbocycles. The smallest absolute Gasteiger partial charge is 0.231 e. The van der Waals surface area contributed by atoms with Crippen molar-refractivity contribution in [1.29, 1.82) is 0 Å². The van der Waals surface area contributed by atoms with E-state index in [2.05, 4.69) is 5.32 Å². The van der Waals surface area contributed by atoms with Crippen LogP contribution in [0, 0.1) is 0 Å². The van der Waals surface area contributed by atoms with Crippen LogP contribution >= 0.6 is 0 Å². The predicted octanol–water partition coefficient (Wildman–Crippen LogP) is 2.33. The third-order valence-electron chi connectivity index (χ3n) is 3.71. The number of hydrogen-bond donors (Lipinski definition) is 1. The van der Waals surface area contributed by atoms with E-state index in [-0.39, 0.29) is 12.7 Å². The lowest BCUT2D eigenvalue weighted by Crippen LogP contribution is -2.27. The molecule has 120 valence electrons. The molecule has 0 saturated heterocycles. The second-order valence-electron chi connectivity index (χ2n) is 5.28. The summed E-state index contributed by atoms with van der Waals surface area (Å²) < 4.78 is 15.9. The van der Waals surface area contributed by atoms with Crippen molar-refractivity contribution < 1.29 is 19.0 Å². The lowest BCUT2D eigenvalue weighted by Gasteiger charge is -2.09. The van der Waals surface area contributed by atoms with E-state index in [0.717, 1.165) is 29.0 Å². The first-order valence-corrected chi connectivity index (χ1v) is 7.53. The van der Waals surface area contributed by atoms with Crippen LogP contribution in [-0.2, 0) is 17.6 Å². The summed E-state index contributed by atoms with van der Waals surface area (Å²) in [6, 6.07) is 13.4. The van der Waals surface area contributed by atoms with Crippen molar-refractivity contribution in [3.05, 3.63) is 53.6 Å². The molecular formula is C18H19NO4. The molecule has 0 unspecified atom stereocenters. The van der Waals surface area contributed by atoms with Gasteiger partial charge in [0.1, 0.15) is 5.75 Å². The van der Waals surface area contributed by atoms with Crippen molar-refractivity contribution in [2.45, 2.75) is 12.8 Å². The second-order valence-corrected chi connectivity index (χ2v) is 5.28. The van der Waals surface area contributed by atoms with E-state index in [1.165, 1.54) is 0 Å². The molecule has 0 aromatic heterocycles. The molecule has 2 aromatic rings. The fourth-order valence-corrected chi connectivity index (χ4v) is 2.54. The zero-order valence-corrected chi connectivity index (χ0v) is 13.0. The molecule has 1 N–H and O–H groups in total. The Labute approximate surface area is 135 Å². The highest BCUT2D eigenvalue weighted by Gasteiger charge is 2.14. The van der Waals surface area contributed by atoms with E-state index in [1.54, 1.807) is 7.11 Å². The molecule has 0 radical (unpaired) electrons. The molecule has 0 fully saturated rings. The Morgan fingerprint density at radius 2 is 2.00 bits per heavy atom. The van der Waals surface area contributed by atoms with Crippen LogP contribution in [0.4, 0.5) is 0 Å². The number of nitrogens with one attached hydrogen (secondary N) is 1. The van der Waals surface area contributed by atoms with Crippen LogP contribution in [0.1, 0.15) is 11.1 Å². The maximum absolute atomic E-state index is 12.0. The lowest BCUT2D eigenvalue weighted by atomic mass is 10.1. The van der Waals surface area contributed by atoms with E-state index < -0.39 is 0 Å². The number of benzene rings is 2. The van der Waals surface area contributed by atoms with Gasteiger partial charge in [-0.2, -0.15) is 0 Å². The Morgan fingerprint density at radius 3 is 2.87 bits per heavy atom. The summed E-state index contributed by atoms with van der Waals surface area (Å²) in [5.41, 5.74) is 1.99. The Balaban J connectivity index is 1.50. The normalized spacial score (nSPS) is 12.0. The fraction of sp³-hybridized carbons (Fsp3) is 0.278. The van der Waals surface area contributed by atoms with Crippen LogP contribution in [-0.4, -0.2) is 26.4 Å². The third kappa shape index (κ3) is 3.74. The molecule has 1 aliphatic rings. The highest BCUT2D eigenvalue weighted by molar-refractivity contribution is 5.78. The van der Waals surface area contributed by atoms with Crippen LogP contribution < -0.4 is 19.5 Å². The number of amides is 1. The average molecular weight is 313 g/mol. The van der Waals surface area contributed by atoms with Crippen LogP contribution in [0.25, 0.3) is 0 Å². The quantitative estimate of drug-likeness (QED) is 0.889. The van der Waals surface area contributed by atoms with Gasteiger partial charge in [-0.15, -0.1) is 0 Å². The first kappa shape index (κ1) is 15.2. The predicted molar refractivity (Wildman–Crippen MR) is 86.0 cm³/mol. The number of para-hydroxylation sites is 1. The Bertz CT molecular complexity index is 699. The zero-order valence-electron chi connectivity index (χ0n) is 13.0. The minimum atomic E-state index is -0.0150. The van der Waals surface area contributed by atoms with Crippen LogP contribution in [0.2, 0.25) is 0 Å². The molecule has 0 bridgehead atoms. The molecule has 23 heavy (non-hydrogen) atoms. The monoisotopic (exact) mass is 313 g/mol. The van der Waals surface area contributed by atoms with Gasteiger partial charge >= 0.3 is 0 Å². The minimum Gasteiger partial charge on any atom is -0.496 e. The van der Waals surface area contributed by atoms with Crippen LogP contribution in [0.15, 0.2) is 42.5 Å². The number of methoxy groups -OCH3 is 1. The number of fused-ring (bicyclic) bond motifs is 1. The summed E-state index contributed by atoms with van der Waals surface area (Å²) in [6.07, 6.45) is 1.06. The minimum absolute atomic E-state index is 0.0150. The molecule has 5 heteroatoms. The van der Waals surface area contributed by atoms with E-state index in [0.29, 0.717) is 18.7 Å². The van der Waals surface area contributed by atoms with Crippen molar-refractivity contribution >= 4 is 5.91 Å². The van der Waals surface area contributed by atoms with Crippen LogP contribution in [0.3, 0.4) is 0 Å².